The quantitative estimate of drug-likeness (QED) is 0.164. The summed E-state index contributed by atoms with van der Waals surface area (Å²) in [5.41, 5.74) is 2.43. The van der Waals surface area contributed by atoms with E-state index < -0.39 is 0 Å². The van der Waals surface area contributed by atoms with Gasteiger partial charge < -0.3 is 26.2 Å². The van der Waals surface area contributed by atoms with E-state index in [0.29, 0.717) is 59.9 Å². The van der Waals surface area contributed by atoms with Crippen LogP contribution in [-0.2, 0) is 16.1 Å². The first-order valence-corrected chi connectivity index (χ1v) is 17.3. The van der Waals surface area contributed by atoms with Crippen molar-refractivity contribution in [1.29, 1.82) is 0 Å². The summed E-state index contributed by atoms with van der Waals surface area (Å²) < 4.78 is 2.02. The fourth-order valence-electron chi connectivity index (χ4n) is 7.72. The molecule has 11 nitrogen and oxygen atoms in total. The molecule has 1 aromatic carbocycles. The zero-order chi connectivity index (χ0) is 32.8. The van der Waals surface area contributed by atoms with Gasteiger partial charge in [-0.15, -0.1) is 0 Å². The van der Waals surface area contributed by atoms with Crippen molar-refractivity contribution >= 4 is 46.6 Å². The predicted molar refractivity (Wildman–Crippen MR) is 186 cm³/mol. The minimum absolute atomic E-state index is 0.229. The minimum Gasteiger partial charge on any atom is -0.365 e. The van der Waals surface area contributed by atoms with E-state index in [2.05, 4.69) is 54.7 Å². The summed E-state index contributed by atoms with van der Waals surface area (Å²) in [7, 11) is 0. The van der Waals surface area contributed by atoms with Crippen molar-refractivity contribution in [3.8, 4) is 0 Å². The van der Waals surface area contributed by atoms with Gasteiger partial charge in [0.15, 0.2) is 5.82 Å². The Morgan fingerprint density at radius 2 is 1.96 bits per heavy atom. The van der Waals surface area contributed by atoms with Crippen LogP contribution in [0.2, 0.25) is 5.02 Å². The number of benzene rings is 1. The summed E-state index contributed by atoms with van der Waals surface area (Å²) in [4.78, 5) is 35.7. The summed E-state index contributed by atoms with van der Waals surface area (Å²) >= 11 is 6.38. The zero-order valence-electron chi connectivity index (χ0n) is 27.1. The van der Waals surface area contributed by atoms with E-state index in [0.717, 1.165) is 55.6 Å². The molecule has 2 aliphatic carbocycles. The average molecular weight is 660 g/mol. The van der Waals surface area contributed by atoms with Gasteiger partial charge in [-0.1, -0.05) is 43.7 Å². The first kappa shape index (κ1) is 33.0. The predicted octanol–water partition coefficient (Wildman–Crippen LogP) is 6.02. The number of hydrogen-bond donors (Lipinski definition) is 4. The van der Waals surface area contributed by atoms with Crippen LogP contribution in [0.3, 0.4) is 0 Å². The van der Waals surface area contributed by atoms with Gasteiger partial charge in [0.25, 0.3) is 0 Å². The second-order valence-corrected chi connectivity index (χ2v) is 13.8. The third-order valence-corrected chi connectivity index (χ3v) is 10.4. The molecule has 3 aliphatic rings. The minimum atomic E-state index is -0.263. The molecule has 4 N–H and O–H groups in total. The molecule has 2 saturated carbocycles. The number of nitrogens with one attached hydrogen (secondary N) is 4. The van der Waals surface area contributed by atoms with Crippen molar-refractivity contribution in [1.82, 2.24) is 30.0 Å². The number of nitrogens with zero attached hydrogens (tertiary/aromatic N) is 5. The van der Waals surface area contributed by atoms with E-state index in [1.165, 1.54) is 31.8 Å². The molecular formula is C35H46ClN9O2. The maximum atomic E-state index is 12.7. The number of likely N-dealkylation sites (tertiary alicyclic amines) is 1. The van der Waals surface area contributed by atoms with Crippen LogP contribution in [0.1, 0.15) is 63.5 Å². The van der Waals surface area contributed by atoms with Crippen molar-refractivity contribution in [3.63, 3.8) is 0 Å². The lowest BCUT2D eigenvalue weighted by atomic mass is 9.71. The van der Waals surface area contributed by atoms with E-state index >= 15 is 0 Å². The van der Waals surface area contributed by atoms with Crippen LogP contribution in [0.15, 0.2) is 55.5 Å². The number of fused-ring (bicyclic) bond motifs is 2. The SMILES string of the molecule is C=CC(=O)Nc1cccc(CNc2nc(Nc3cnn(C4CCN(CCNC(=O)CC5[C@@H]6CC[C@@H](C6)C[C@H]5C)CC4)c3)ncc2Cl)c1. The van der Waals surface area contributed by atoms with Crippen LogP contribution < -0.4 is 21.3 Å². The monoisotopic (exact) mass is 659 g/mol. The Kier molecular flexibility index (Phi) is 10.7. The number of anilines is 4. The second-order valence-electron chi connectivity index (χ2n) is 13.4. The Labute approximate surface area is 281 Å². The van der Waals surface area contributed by atoms with Crippen molar-refractivity contribution < 1.29 is 9.59 Å². The lowest BCUT2D eigenvalue weighted by Crippen LogP contribution is -2.41. The molecule has 0 spiro atoms. The molecule has 2 aromatic heterocycles. The molecule has 12 heteroatoms. The zero-order valence-corrected chi connectivity index (χ0v) is 27.9. The van der Waals surface area contributed by atoms with Crippen molar-refractivity contribution in [2.75, 3.05) is 42.1 Å². The van der Waals surface area contributed by atoms with E-state index in [1.54, 1.807) is 12.4 Å². The third kappa shape index (κ3) is 8.70. The Morgan fingerprint density at radius 3 is 2.79 bits per heavy atom. The van der Waals surface area contributed by atoms with Gasteiger partial charge in [-0.05, 0) is 79.5 Å². The summed E-state index contributed by atoms with van der Waals surface area (Å²) in [6.45, 7) is 9.85. The average Bonchev–Trinajstić information content (AvgIpc) is 3.71. The Hall–Kier alpha value is -3.96. The first-order valence-electron chi connectivity index (χ1n) is 16.9. The smallest absolute Gasteiger partial charge is 0.247 e. The van der Waals surface area contributed by atoms with Gasteiger partial charge in [0.05, 0.1) is 24.1 Å². The molecule has 2 amide bonds. The van der Waals surface area contributed by atoms with Gasteiger partial charge >= 0.3 is 0 Å². The summed E-state index contributed by atoms with van der Waals surface area (Å²) in [5.74, 6) is 3.79. The lowest BCUT2D eigenvalue weighted by Gasteiger charge is -2.34. The Bertz CT molecular complexity index is 1550. The number of rotatable bonds is 13. The van der Waals surface area contributed by atoms with Crippen molar-refractivity contribution in [2.45, 2.75) is 64.5 Å². The number of hydrogen-bond acceptors (Lipinski definition) is 8. The molecule has 6 rings (SSSR count). The van der Waals surface area contributed by atoms with Crippen LogP contribution in [0.5, 0.6) is 0 Å². The van der Waals surface area contributed by atoms with Crippen molar-refractivity contribution in [3.05, 3.63) is 66.1 Å². The topological polar surface area (TPSA) is 129 Å². The molecule has 2 bridgehead atoms. The third-order valence-electron chi connectivity index (χ3n) is 10.2. The number of halogens is 1. The van der Waals surface area contributed by atoms with Crippen LogP contribution in [0, 0.1) is 23.7 Å². The second kappa shape index (κ2) is 15.3. The standard InChI is InChI=1S/C35H46ClN9O2/c1-3-32(46)41-27-6-4-5-25(17-27)19-38-34-31(36)21-39-35(43-34)42-28-20-40-45(22-28)29-9-12-44(13-10-29)14-11-37-33(47)18-30-23(2)15-24-7-8-26(30)16-24/h3-6,17,20-24,26,29-30H,1,7-16,18-19H2,2H3,(H,37,47)(H,41,46)(H2,38,39,42,43)/t23-,24-,26-,30?/m1/s1. The van der Waals surface area contributed by atoms with Crippen LogP contribution in [-0.4, -0.2) is 62.6 Å². The molecule has 1 aliphatic heterocycles. The van der Waals surface area contributed by atoms with E-state index in [1.807, 2.05) is 35.1 Å². The molecule has 3 heterocycles. The number of carbonyl (C=O) groups is 2. The molecule has 250 valence electrons. The number of carbonyl (C=O) groups excluding carboxylic acids is 2. The number of aromatic nitrogens is 4. The molecular weight excluding hydrogens is 614 g/mol. The van der Waals surface area contributed by atoms with E-state index in [4.69, 9.17) is 11.6 Å². The van der Waals surface area contributed by atoms with Crippen LogP contribution >= 0.6 is 11.6 Å². The van der Waals surface area contributed by atoms with Gasteiger partial charge in [0.1, 0.15) is 5.02 Å². The molecule has 0 radical (unpaired) electrons. The summed E-state index contributed by atoms with van der Waals surface area (Å²) in [6, 6.07) is 7.82. The largest absolute Gasteiger partial charge is 0.365 e. The highest BCUT2D eigenvalue weighted by molar-refractivity contribution is 6.32. The molecule has 47 heavy (non-hydrogen) atoms. The van der Waals surface area contributed by atoms with Gasteiger partial charge in [-0.2, -0.15) is 10.1 Å². The molecule has 3 aromatic rings. The molecule has 1 saturated heterocycles. The summed E-state index contributed by atoms with van der Waals surface area (Å²) in [6.07, 6.45) is 14.6. The normalized spacial score (nSPS) is 22.9. The van der Waals surface area contributed by atoms with E-state index in [9.17, 15) is 9.59 Å². The first-order chi connectivity index (χ1) is 22.8. The van der Waals surface area contributed by atoms with Gasteiger partial charge in [-0.3, -0.25) is 14.3 Å². The van der Waals surface area contributed by atoms with Gasteiger partial charge in [0, 0.05) is 51.0 Å². The molecule has 3 fully saturated rings. The maximum absolute atomic E-state index is 12.7. The highest BCUT2D eigenvalue weighted by Gasteiger charge is 2.40. The Morgan fingerprint density at radius 1 is 1.11 bits per heavy atom. The Balaban J connectivity index is 0.931. The van der Waals surface area contributed by atoms with Crippen LogP contribution in [0.25, 0.3) is 0 Å². The van der Waals surface area contributed by atoms with Crippen LogP contribution in [0.4, 0.5) is 23.1 Å². The molecule has 4 atom stereocenters. The summed E-state index contributed by atoms with van der Waals surface area (Å²) in [5, 5.41) is 17.5. The number of amides is 2. The van der Waals surface area contributed by atoms with E-state index in [-0.39, 0.29) is 11.8 Å². The van der Waals surface area contributed by atoms with Crippen molar-refractivity contribution in [2.24, 2.45) is 23.7 Å². The highest BCUT2D eigenvalue weighted by atomic mass is 35.5. The highest BCUT2D eigenvalue weighted by Crippen LogP contribution is 2.49. The molecule has 1 unspecified atom stereocenters. The fraction of sp³-hybridized carbons (Fsp3) is 0.514. The number of piperidine rings is 1. The fourth-order valence-corrected chi connectivity index (χ4v) is 7.88. The van der Waals surface area contributed by atoms with Gasteiger partial charge in [-0.25, -0.2) is 4.98 Å². The lowest BCUT2D eigenvalue weighted by molar-refractivity contribution is -0.123. The van der Waals surface area contributed by atoms with Gasteiger partial charge in [0.2, 0.25) is 17.8 Å². The maximum Gasteiger partial charge on any atom is 0.247 e.